The van der Waals surface area contributed by atoms with Gasteiger partial charge in [0.05, 0.1) is 15.7 Å². The first-order chi connectivity index (χ1) is 8.49. The van der Waals surface area contributed by atoms with Crippen LogP contribution in [-0.2, 0) is 10.8 Å². The van der Waals surface area contributed by atoms with Gasteiger partial charge in [-0.3, -0.25) is 4.21 Å². The van der Waals surface area contributed by atoms with E-state index >= 15 is 0 Å². The van der Waals surface area contributed by atoms with Gasteiger partial charge < -0.3 is 5.73 Å². The molecule has 0 saturated heterocycles. The van der Waals surface area contributed by atoms with E-state index in [9.17, 15) is 8.60 Å². The zero-order chi connectivity index (χ0) is 13.3. The Morgan fingerprint density at radius 1 is 1.28 bits per heavy atom. The highest BCUT2D eigenvalue weighted by Crippen LogP contribution is 2.34. The van der Waals surface area contributed by atoms with Gasteiger partial charge in [0.25, 0.3) is 0 Å². The molecule has 0 aliphatic heterocycles. The van der Waals surface area contributed by atoms with Crippen molar-refractivity contribution < 1.29 is 8.60 Å². The fraction of sp³-hybridized carbons (Fsp3) is 0.571. The van der Waals surface area contributed by atoms with Crippen molar-refractivity contribution in [3.05, 3.63) is 24.0 Å². The number of nitrogen functional groups attached to an aromatic ring is 1. The van der Waals surface area contributed by atoms with E-state index in [0.717, 1.165) is 19.3 Å². The second kappa shape index (κ2) is 5.39. The van der Waals surface area contributed by atoms with Gasteiger partial charge in [-0.05, 0) is 49.3 Å². The molecular weight excluding hydrogens is 249 g/mol. The molecule has 4 unspecified atom stereocenters. The van der Waals surface area contributed by atoms with Crippen LogP contribution in [0.2, 0.25) is 0 Å². The summed E-state index contributed by atoms with van der Waals surface area (Å²) < 4.78 is 25.7. The summed E-state index contributed by atoms with van der Waals surface area (Å²) in [5.41, 5.74) is 6.23. The average Bonchev–Trinajstić information content (AvgIpc) is 2.35. The molecule has 0 heterocycles. The van der Waals surface area contributed by atoms with Crippen LogP contribution in [0.25, 0.3) is 0 Å². The average molecular weight is 269 g/mol. The number of benzene rings is 1. The van der Waals surface area contributed by atoms with Crippen molar-refractivity contribution in [1.29, 1.82) is 0 Å². The van der Waals surface area contributed by atoms with E-state index in [1.54, 1.807) is 0 Å². The van der Waals surface area contributed by atoms with E-state index in [4.69, 9.17) is 5.73 Å². The molecule has 18 heavy (non-hydrogen) atoms. The topological polar surface area (TPSA) is 43.1 Å². The highest BCUT2D eigenvalue weighted by Gasteiger charge is 2.29. The van der Waals surface area contributed by atoms with Crippen molar-refractivity contribution in [3.63, 3.8) is 0 Å². The van der Waals surface area contributed by atoms with Crippen LogP contribution in [0.1, 0.15) is 33.1 Å². The van der Waals surface area contributed by atoms with Crippen LogP contribution in [-0.4, -0.2) is 9.46 Å². The molecule has 2 nitrogen and oxygen atoms in total. The summed E-state index contributed by atoms with van der Waals surface area (Å²) in [7, 11) is -1.19. The summed E-state index contributed by atoms with van der Waals surface area (Å²) in [5.74, 6) is 0.885. The minimum absolute atomic E-state index is 0.111. The van der Waals surface area contributed by atoms with Gasteiger partial charge in [-0.2, -0.15) is 0 Å². The third-order valence-corrected chi connectivity index (χ3v) is 5.87. The van der Waals surface area contributed by atoms with Crippen molar-refractivity contribution >= 4 is 16.5 Å². The highest BCUT2D eigenvalue weighted by atomic mass is 32.2. The molecule has 0 radical (unpaired) electrons. The Bertz CT molecular complexity index is 463. The van der Waals surface area contributed by atoms with Gasteiger partial charge in [0, 0.05) is 10.9 Å². The predicted molar refractivity (Wildman–Crippen MR) is 73.2 cm³/mol. The van der Waals surface area contributed by atoms with Gasteiger partial charge in [-0.25, -0.2) is 4.39 Å². The maximum absolute atomic E-state index is 13.2. The standard InChI is InChI=1S/C14H20FNOS/c1-9-3-5-12(7-10(9)2)18(17)14-8-11(15)4-6-13(14)16/h4,6,8-10,12H,3,5,7,16H2,1-2H3. The Balaban J connectivity index is 2.19. The Labute approximate surface area is 110 Å². The van der Waals surface area contributed by atoms with Gasteiger partial charge in [0.2, 0.25) is 0 Å². The number of hydrogen-bond acceptors (Lipinski definition) is 2. The molecule has 100 valence electrons. The second-order valence-corrected chi connectivity index (χ2v) is 7.07. The molecule has 1 aliphatic rings. The molecule has 4 atom stereocenters. The van der Waals surface area contributed by atoms with Gasteiger partial charge in [-0.1, -0.05) is 13.8 Å². The molecule has 0 amide bonds. The second-order valence-electron chi connectivity index (χ2n) is 5.37. The lowest BCUT2D eigenvalue weighted by Gasteiger charge is -2.31. The third-order valence-electron chi connectivity index (χ3n) is 4.05. The van der Waals surface area contributed by atoms with E-state index in [2.05, 4.69) is 13.8 Å². The van der Waals surface area contributed by atoms with Gasteiger partial charge >= 0.3 is 0 Å². The van der Waals surface area contributed by atoms with E-state index < -0.39 is 10.8 Å². The molecule has 4 heteroatoms. The minimum Gasteiger partial charge on any atom is -0.398 e. The summed E-state index contributed by atoms with van der Waals surface area (Å²) in [6.07, 6.45) is 2.96. The summed E-state index contributed by atoms with van der Waals surface area (Å²) in [6.45, 7) is 4.43. The van der Waals surface area contributed by atoms with Crippen LogP contribution in [0.3, 0.4) is 0 Å². The van der Waals surface area contributed by atoms with Gasteiger partial charge in [0.15, 0.2) is 0 Å². The Morgan fingerprint density at radius 3 is 2.67 bits per heavy atom. The molecule has 1 aromatic carbocycles. The fourth-order valence-electron chi connectivity index (χ4n) is 2.55. The van der Waals surface area contributed by atoms with Crippen molar-refractivity contribution in [2.45, 2.75) is 43.3 Å². The Kier molecular flexibility index (Phi) is 4.05. The number of hydrogen-bond donors (Lipinski definition) is 1. The molecule has 0 bridgehead atoms. The molecule has 2 N–H and O–H groups in total. The smallest absolute Gasteiger partial charge is 0.124 e. The third kappa shape index (κ3) is 2.74. The molecule has 2 rings (SSSR count). The molecule has 1 aromatic rings. The van der Waals surface area contributed by atoms with Crippen LogP contribution in [0.4, 0.5) is 10.1 Å². The lowest BCUT2D eigenvalue weighted by atomic mass is 9.81. The number of rotatable bonds is 2. The lowest BCUT2D eigenvalue weighted by Crippen LogP contribution is -2.28. The van der Waals surface area contributed by atoms with Crippen molar-refractivity contribution in [2.75, 3.05) is 5.73 Å². The Morgan fingerprint density at radius 2 is 2.00 bits per heavy atom. The van der Waals surface area contributed by atoms with Gasteiger partial charge in [-0.15, -0.1) is 0 Å². The minimum atomic E-state index is -1.19. The number of anilines is 1. The summed E-state index contributed by atoms with van der Waals surface area (Å²) in [4.78, 5) is 0.460. The Hall–Kier alpha value is -0.900. The van der Waals surface area contributed by atoms with E-state index in [0.29, 0.717) is 22.4 Å². The van der Waals surface area contributed by atoms with Crippen LogP contribution < -0.4 is 5.73 Å². The molecular formula is C14H20FNOS. The monoisotopic (exact) mass is 269 g/mol. The first kappa shape index (κ1) is 13.5. The maximum Gasteiger partial charge on any atom is 0.124 e. The summed E-state index contributed by atoms with van der Waals surface area (Å²) >= 11 is 0. The summed E-state index contributed by atoms with van der Waals surface area (Å²) in [5, 5.41) is 0.111. The van der Waals surface area contributed by atoms with Crippen molar-refractivity contribution in [3.8, 4) is 0 Å². The zero-order valence-electron chi connectivity index (χ0n) is 10.9. The number of nitrogens with two attached hydrogens (primary N) is 1. The van der Waals surface area contributed by atoms with E-state index in [-0.39, 0.29) is 11.1 Å². The lowest BCUT2D eigenvalue weighted by molar-refractivity contribution is 0.281. The van der Waals surface area contributed by atoms with Crippen molar-refractivity contribution in [2.24, 2.45) is 11.8 Å². The molecule has 1 aliphatic carbocycles. The highest BCUT2D eigenvalue weighted by molar-refractivity contribution is 7.85. The summed E-state index contributed by atoms with van der Waals surface area (Å²) in [6, 6.07) is 4.12. The van der Waals surface area contributed by atoms with Crippen LogP contribution in [0.5, 0.6) is 0 Å². The van der Waals surface area contributed by atoms with Crippen LogP contribution in [0.15, 0.2) is 23.1 Å². The van der Waals surface area contributed by atoms with E-state index in [1.165, 1.54) is 18.2 Å². The molecule has 1 fully saturated rings. The van der Waals surface area contributed by atoms with E-state index in [1.807, 2.05) is 0 Å². The molecule has 0 aromatic heterocycles. The maximum atomic E-state index is 13.2. The first-order valence-corrected chi connectivity index (χ1v) is 7.66. The van der Waals surface area contributed by atoms with Gasteiger partial charge in [0.1, 0.15) is 5.82 Å². The SMILES string of the molecule is CC1CCC(S(=O)c2cc(F)ccc2N)CC1C. The molecule has 0 spiro atoms. The number of halogens is 1. The van der Waals surface area contributed by atoms with Crippen molar-refractivity contribution in [1.82, 2.24) is 0 Å². The molecule has 1 saturated carbocycles. The quantitative estimate of drug-likeness (QED) is 0.837. The predicted octanol–water partition coefficient (Wildman–Crippen LogP) is 3.34. The fourth-order valence-corrected chi connectivity index (χ4v) is 4.27. The van der Waals surface area contributed by atoms with Crippen LogP contribution >= 0.6 is 0 Å². The van der Waals surface area contributed by atoms with Crippen LogP contribution in [0, 0.1) is 17.7 Å². The normalized spacial score (nSPS) is 30.1. The largest absolute Gasteiger partial charge is 0.398 e. The first-order valence-electron chi connectivity index (χ1n) is 6.44. The zero-order valence-corrected chi connectivity index (χ0v) is 11.7.